The Hall–Kier alpha value is -1.55. The molecule has 0 fully saturated rings. The van der Waals surface area contributed by atoms with Crippen LogP contribution in [0.1, 0.15) is 6.92 Å². The Labute approximate surface area is 89.3 Å². The van der Waals surface area contributed by atoms with Crippen molar-refractivity contribution in [1.82, 2.24) is 5.32 Å². The lowest BCUT2D eigenvalue weighted by Crippen LogP contribution is -2.33. The van der Waals surface area contributed by atoms with Crippen molar-refractivity contribution >= 4 is 11.7 Å². The second kappa shape index (κ2) is 6.03. The smallest absolute Gasteiger partial charge is 0.319 e. The average molecular weight is 208 g/mol. The Morgan fingerprint density at radius 2 is 2.07 bits per heavy atom. The molecule has 1 aromatic carbocycles. The van der Waals surface area contributed by atoms with Gasteiger partial charge in [-0.1, -0.05) is 25.1 Å². The number of para-hydroxylation sites is 1. The van der Waals surface area contributed by atoms with Crippen molar-refractivity contribution in [3.05, 3.63) is 30.3 Å². The van der Waals surface area contributed by atoms with E-state index in [-0.39, 0.29) is 18.6 Å². The Morgan fingerprint density at radius 1 is 1.40 bits per heavy atom. The van der Waals surface area contributed by atoms with Gasteiger partial charge in [0.1, 0.15) is 0 Å². The molecule has 3 N–H and O–H groups in total. The van der Waals surface area contributed by atoms with Gasteiger partial charge in [-0.3, -0.25) is 0 Å². The molecule has 1 atom stereocenters. The molecule has 1 aromatic rings. The van der Waals surface area contributed by atoms with Crippen LogP contribution >= 0.6 is 0 Å². The van der Waals surface area contributed by atoms with Crippen LogP contribution in [0.4, 0.5) is 10.5 Å². The number of aliphatic hydroxyl groups is 1. The highest BCUT2D eigenvalue weighted by molar-refractivity contribution is 5.89. The van der Waals surface area contributed by atoms with E-state index in [1.54, 1.807) is 0 Å². The van der Waals surface area contributed by atoms with E-state index in [2.05, 4.69) is 10.6 Å². The molecular weight excluding hydrogens is 192 g/mol. The third-order valence-electron chi connectivity index (χ3n) is 1.95. The van der Waals surface area contributed by atoms with Crippen LogP contribution in [-0.4, -0.2) is 24.3 Å². The lowest BCUT2D eigenvalue weighted by atomic mass is 10.2. The van der Waals surface area contributed by atoms with E-state index in [4.69, 9.17) is 5.11 Å². The number of amides is 2. The molecule has 0 heterocycles. The largest absolute Gasteiger partial charge is 0.396 e. The maximum atomic E-state index is 11.3. The molecule has 0 bridgehead atoms. The van der Waals surface area contributed by atoms with Crippen molar-refractivity contribution in [2.24, 2.45) is 5.92 Å². The van der Waals surface area contributed by atoms with Crippen molar-refractivity contribution in [3.63, 3.8) is 0 Å². The molecule has 0 aliphatic heterocycles. The summed E-state index contributed by atoms with van der Waals surface area (Å²) < 4.78 is 0. The summed E-state index contributed by atoms with van der Waals surface area (Å²) in [7, 11) is 0. The van der Waals surface area contributed by atoms with Gasteiger partial charge in [-0.2, -0.15) is 0 Å². The number of anilines is 1. The molecule has 4 nitrogen and oxygen atoms in total. The molecule has 0 aliphatic carbocycles. The molecular formula is C11H16N2O2. The summed E-state index contributed by atoms with van der Waals surface area (Å²) in [5.74, 6) is 0.0755. The fourth-order valence-electron chi connectivity index (χ4n) is 1.03. The standard InChI is InChI=1S/C11H16N2O2/c1-9(8-14)7-12-11(15)13-10-5-3-2-4-6-10/h2-6,9,14H,7-8H2,1H3,(H2,12,13,15). The maximum absolute atomic E-state index is 11.3. The topological polar surface area (TPSA) is 61.4 Å². The number of carbonyl (C=O) groups excluding carboxylic acids is 1. The van der Waals surface area contributed by atoms with Crippen LogP contribution in [0.15, 0.2) is 30.3 Å². The first kappa shape index (κ1) is 11.5. The highest BCUT2D eigenvalue weighted by atomic mass is 16.3. The van der Waals surface area contributed by atoms with Crippen LogP contribution in [-0.2, 0) is 0 Å². The first-order valence-electron chi connectivity index (χ1n) is 4.93. The summed E-state index contributed by atoms with van der Waals surface area (Å²) >= 11 is 0. The van der Waals surface area contributed by atoms with Crippen LogP contribution in [0.5, 0.6) is 0 Å². The van der Waals surface area contributed by atoms with Gasteiger partial charge in [-0.25, -0.2) is 4.79 Å². The number of urea groups is 1. The van der Waals surface area contributed by atoms with Gasteiger partial charge in [0, 0.05) is 18.8 Å². The van der Waals surface area contributed by atoms with E-state index in [9.17, 15) is 4.79 Å². The molecule has 0 spiro atoms. The minimum Gasteiger partial charge on any atom is -0.396 e. The predicted octanol–water partition coefficient (Wildman–Crippen LogP) is 1.44. The summed E-state index contributed by atoms with van der Waals surface area (Å²) in [5, 5.41) is 14.1. The number of aliphatic hydroxyl groups excluding tert-OH is 1. The van der Waals surface area contributed by atoms with Crippen LogP contribution in [0.2, 0.25) is 0 Å². The minimum absolute atomic E-state index is 0.0750. The van der Waals surface area contributed by atoms with E-state index < -0.39 is 0 Å². The SMILES string of the molecule is CC(CO)CNC(=O)Nc1ccccc1. The van der Waals surface area contributed by atoms with Crippen LogP contribution in [0, 0.1) is 5.92 Å². The highest BCUT2D eigenvalue weighted by Crippen LogP contribution is 2.04. The highest BCUT2D eigenvalue weighted by Gasteiger charge is 2.03. The Bertz CT molecular complexity index is 301. The summed E-state index contributed by atoms with van der Waals surface area (Å²) in [6.07, 6.45) is 0. The zero-order chi connectivity index (χ0) is 11.1. The third-order valence-corrected chi connectivity index (χ3v) is 1.95. The molecule has 82 valence electrons. The van der Waals surface area contributed by atoms with E-state index in [1.807, 2.05) is 37.3 Å². The molecule has 4 heteroatoms. The van der Waals surface area contributed by atoms with Crippen molar-refractivity contribution < 1.29 is 9.90 Å². The van der Waals surface area contributed by atoms with Gasteiger partial charge in [0.2, 0.25) is 0 Å². The number of benzene rings is 1. The Morgan fingerprint density at radius 3 is 2.67 bits per heavy atom. The van der Waals surface area contributed by atoms with Gasteiger partial charge in [-0.05, 0) is 18.1 Å². The van der Waals surface area contributed by atoms with Crippen LogP contribution in [0.3, 0.4) is 0 Å². The minimum atomic E-state index is -0.249. The molecule has 0 saturated heterocycles. The molecule has 0 saturated carbocycles. The number of hydrogen-bond donors (Lipinski definition) is 3. The third kappa shape index (κ3) is 4.46. The second-order valence-electron chi connectivity index (χ2n) is 3.49. The van der Waals surface area contributed by atoms with Crippen molar-refractivity contribution in [2.45, 2.75) is 6.92 Å². The predicted molar refractivity (Wildman–Crippen MR) is 59.7 cm³/mol. The second-order valence-corrected chi connectivity index (χ2v) is 3.49. The van der Waals surface area contributed by atoms with E-state index >= 15 is 0 Å². The normalized spacial score (nSPS) is 11.9. The Kier molecular flexibility index (Phi) is 4.63. The quantitative estimate of drug-likeness (QED) is 0.701. The Balaban J connectivity index is 2.31. The molecule has 15 heavy (non-hydrogen) atoms. The van der Waals surface area contributed by atoms with Gasteiger partial charge < -0.3 is 15.7 Å². The fraction of sp³-hybridized carbons (Fsp3) is 0.364. The molecule has 0 aromatic heterocycles. The first-order valence-corrected chi connectivity index (χ1v) is 4.93. The zero-order valence-electron chi connectivity index (χ0n) is 8.73. The van der Waals surface area contributed by atoms with Crippen molar-refractivity contribution in [3.8, 4) is 0 Å². The fourth-order valence-corrected chi connectivity index (χ4v) is 1.03. The molecule has 1 rings (SSSR count). The van der Waals surface area contributed by atoms with Crippen molar-refractivity contribution in [1.29, 1.82) is 0 Å². The summed E-state index contributed by atoms with van der Waals surface area (Å²) in [4.78, 5) is 11.3. The van der Waals surface area contributed by atoms with Gasteiger partial charge in [-0.15, -0.1) is 0 Å². The van der Waals surface area contributed by atoms with Gasteiger partial charge >= 0.3 is 6.03 Å². The molecule has 0 radical (unpaired) electrons. The molecule has 0 aliphatic rings. The summed E-state index contributed by atoms with van der Waals surface area (Å²) in [6, 6.07) is 8.97. The zero-order valence-corrected chi connectivity index (χ0v) is 8.73. The molecule has 1 unspecified atom stereocenters. The number of hydrogen-bond acceptors (Lipinski definition) is 2. The lowest BCUT2D eigenvalue weighted by Gasteiger charge is -2.10. The van der Waals surface area contributed by atoms with Crippen LogP contribution < -0.4 is 10.6 Å². The molecule has 2 amide bonds. The number of carbonyl (C=O) groups is 1. The average Bonchev–Trinajstić information content (AvgIpc) is 2.27. The van der Waals surface area contributed by atoms with E-state index in [0.717, 1.165) is 5.69 Å². The lowest BCUT2D eigenvalue weighted by molar-refractivity contribution is 0.227. The van der Waals surface area contributed by atoms with Gasteiger partial charge in [0.15, 0.2) is 0 Å². The van der Waals surface area contributed by atoms with Gasteiger partial charge in [0.25, 0.3) is 0 Å². The van der Waals surface area contributed by atoms with Crippen molar-refractivity contribution in [2.75, 3.05) is 18.5 Å². The maximum Gasteiger partial charge on any atom is 0.319 e. The summed E-state index contributed by atoms with van der Waals surface area (Å²) in [6.45, 7) is 2.41. The number of rotatable bonds is 4. The first-order chi connectivity index (χ1) is 7.22. The summed E-state index contributed by atoms with van der Waals surface area (Å²) in [5.41, 5.74) is 0.756. The monoisotopic (exact) mass is 208 g/mol. The van der Waals surface area contributed by atoms with Gasteiger partial charge in [0.05, 0.1) is 0 Å². The van der Waals surface area contributed by atoms with E-state index in [0.29, 0.717) is 6.54 Å². The van der Waals surface area contributed by atoms with E-state index in [1.165, 1.54) is 0 Å². The van der Waals surface area contributed by atoms with Crippen LogP contribution in [0.25, 0.3) is 0 Å². The number of nitrogens with one attached hydrogen (secondary N) is 2.